The molecule has 0 N–H and O–H groups in total. The number of hydrogen-bond acceptors (Lipinski definition) is 3. The molecule has 0 spiro atoms. The quantitative estimate of drug-likeness (QED) is 0.470. The van der Waals surface area contributed by atoms with Crippen LogP contribution in [0.25, 0.3) is 0 Å². The molecule has 15 heavy (non-hydrogen) atoms. The van der Waals surface area contributed by atoms with Crippen LogP contribution in [0.2, 0.25) is 0 Å². The van der Waals surface area contributed by atoms with Gasteiger partial charge >= 0.3 is 0 Å². The maximum atomic E-state index is 10.2. The third kappa shape index (κ3) is 5.28. The van der Waals surface area contributed by atoms with Gasteiger partial charge in [-0.05, 0) is 25.9 Å². The molecule has 88 valence electrons. The maximum Gasteiger partial charge on any atom is 0.120 e. The Morgan fingerprint density at radius 2 is 1.53 bits per heavy atom. The van der Waals surface area contributed by atoms with Crippen LogP contribution in [0, 0.1) is 0 Å². The first kappa shape index (κ1) is 12.7. The van der Waals surface area contributed by atoms with Crippen molar-refractivity contribution < 1.29 is 4.79 Å². The Labute approximate surface area is 93.4 Å². The summed E-state index contributed by atoms with van der Waals surface area (Å²) in [4.78, 5) is 15.2. The average molecular weight is 212 g/mol. The number of carbonyl (C=O) groups is 1. The number of hydrogen-bond donors (Lipinski definition) is 0. The van der Waals surface area contributed by atoms with Crippen LogP contribution in [0.15, 0.2) is 0 Å². The van der Waals surface area contributed by atoms with Crippen molar-refractivity contribution in [2.75, 3.05) is 39.3 Å². The molecule has 0 aromatic carbocycles. The van der Waals surface area contributed by atoms with Crippen LogP contribution >= 0.6 is 0 Å². The molecular formula is C12H24N2O. The molecule has 0 aromatic rings. The smallest absolute Gasteiger partial charge is 0.120 e. The van der Waals surface area contributed by atoms with Crippen molar-refractivity contribution in [3.63, 3.8) is 0 Å². The minimum absolute atomic E-state index is 0.718. The Kier molecular flexibility index (Phi) is 6.60. The van der Waals surface area contributed by atoms with E-state index in [1.165, 1.54) is 45.6 Å². The second-order valence-corrected chi connectivity index (χ2v) is 4.35. The minimum Gasteiger partial charge on any atom is -0.303 e. The topological polar surface area (TPSA) is 23.6 Å². The number of unbranched alkanes of at least 4 members (excludes halogenated alkanes) is 2. The molecule has 1 rings (SSSR count). The highest BCUT2D eigenvalue weighted by atomic mass is 16.1. The van der Waals surface area contributed by atoms with Gasteiger partial charge in [0.15, 0.2) is 0 Å². The second kappa shape index (κ2) is 7.83. The Bertz CT molecular complexity index is 165. The van der Waals surface area contributed by atoms with Gasteiger partial charge in [0.25, 0.3) is 0 Å². The van der Waals surface area contributed by atoms with E-state index in [0.717, 1.165) is 25.7 Å². The molecule has 3 nitrogen and oxygen atoms in total. The number of carbonyl (C=O) groups excluding carboxylic acids is 1. The SMILES string of the molecule is CCCCN1CCN(CCCC=O)CC1. The lowest BCUT2D eigenvalue weighted by atomic mass is 10.2. The first-order valence-electron chi connectivity index (χ1n) is 6.25. The molecule has 1 aliphatic rings. The van der Waals surface area contributed by atoms with Crippen LogP contribution in [0.5, 0.6) is 0 Å². The summed E-state index contributed by atoms with van der Waals surface area (Å²) in [7, 11) is 0. The molecule has 1 saturated heterocycles. The lowest BCUT2D eigenvalue weighted by Crippen LogP contribution is -2.46. The lowest BCUT2D eigenvalue weighted by Gasteiger charge is -2.34. The van der Waals surface area contributed by atoms with Gasteiger partial charge in [-0.3, -0.25) is 0 Å². The fourth-order valence-electron chi connectivity index (χ4n) is 2.02. The summed E-state index contributed by atoms with van der Waals surface area (Å²) >= 11 is 0. The van der Waals surface area contributed by atoms with Crippen molar-refractivity contribution in [3.8, 4) is 0 Å². The van der Waals surface area contributed by atoms with Crippen molar-refractivity contribution in [1.82, 2.24) is 9.80 Å². The summed E-state index contributed by atoms with van der Waals surface area (Å²) < 4.78 is 0. The minimum atomic E-state index is 0.718. The van der Waals surface area contributed by atoms with Gasteiger partial charge in [0.2, 0.25) is 0 Å². The largest absolute Gasteiger partial charge is 0.303 e. The highest BCUT2D eigenvalue weighted by Crippen LogP contribution is 2.04. The number of rotatable bonds is 7. The number of piperazine rings is 1. The van der Waals surface area contributed by atoms with E-state index in [1.807, 2.05) is 0 Å². The van der Waals surface area contributed by atoms with Crippen molar-refractivity contribution in [1.29, 1.82) is 0 Å². The van der Waals surface area contributed by atoms with Crippen LogP contribution < -0.4 is 0 Å². The standard InChI is InChI=1S/C12H24N2O/c1-2-3-6-13-8-10-14(11-9-13)7-4-5-12-15/h12H,2-11H2,1H3. The number of aldehydes is 1. The summed E-state index contributed by atoms with van der Waals surface area (Å²) in [6.45, 7) is 9.39. The Hall–Kier alpha value is -0.410. The summed E-state index contributed by atoms with van der Waals surface area (Å²) in [6.07, 6.45) is 5.39. The molecule has 0 radical (unpaired) electrons. The van der Waals surface area contributed by atoms with Gasteiger partial charge in [0.05, 0.1) is 0 Å². The van der Waals surface area contributed by atoms with Crippen LogP contribution in [0.1, 0.15) is 32.6 Å². The first-order valence-corrected chi connectivity index (χ1v) is 6.25. The molecule has 0 atom stereocenters. The maximum absolute atomic E-state index is 10.2. The molecule has 0 bridgehead atoms. The van der Waals surface area contributed by atoms with Gasteiger partial charge in [0.1, 0.15) is 6.29 Å². The molecule has 0 aliphatic carbocycles. The predicted molar refractivity (Wildman–Crippen MR) is 63.1 cm³/mol. The molecule has 1 heterocycles. The van der Waals surface area contributed by atoms with Gasteiger partial charge in [-0.15, -0.1) is 0 Å². The van der Waals surface area contributed by atoms with E-state index in [2.05, 4.69) is 16.7 Å². The van der Waals surface area contributed by atoms with E-state index in [0.29, 0.717) is 0 Å². The third-order valence-corrected chi connectivity index (χ3v) is 3.09. The van der Waals surface area contributed by atoms with Gasteiger partial charge in [-0.1, -0.05) is 13.3 Å². The van der Waals surface area contributed by atoms with Crippen molar-refractivity contribution >= 4 is 6.29 Å². The Balaban J connectivity index is 2.04. The highest BCUT2D eigenvalue weighted by Gasteiger charge is 2.15. The molecule has 1 fully saturated rings. The molecule has 0 unspecified atom stereocenters. The molecule has 1 aliphatic heterocycles. The third-order valence-electron chi connectivity index (χ3n) is 3.09. The van der Waals surface area contributed by atoms with Crippen molar-refractivity contribution in [3.05, 3.63) is 0 Å². The summed E-state index contributed by atoms with van der Waals surface area (Å²) in [5, 5.41) is 0. The van der Waals surface area contributed by atoms with Gasteiger partial charge in [0, 0.05) is 32.6 Å². The van der Waals surface area contributed by atoms with E-state index in [1.54, 1.807) is 0 Å². The fourth-order valence-corrected chi connectivity index (χ4v) is 2.02. The van der Waals surface area contributed by atoms with E-state index >= 15 is 0 Å². The summed E-state index contributed by atoms with van der Waals surface area (Å²) in [6, 6.07) is 0. The van der Waals surface area contributed by atoms with Crippen LogP contribution in [0.4, 0.5) is 0 Å². The summed E-state index contributed by atoms with van der Waals surface area (Å²) in [5.74, 6) is 0. The van der Waals surface area contributed by atoms with Crippen LogP contribution in [0.3, 0.4) is 0 Å². The van der Waals surface area contributed by atoms with Crippen molar-refractivity contribution in [2.45, 2.75) is 32.6 Å². The predicted octanol–water partition coefficient (Wildman–Crippen LogP) is 1.38. The van der Waals surface area contributed by atoms with Gasteiger partial charge < -0.3 is 14.6 Å². The molecular weight excluding hydrogens is 188 g/mol. The molecule has 0 saturated carbocycles. The van der Waals surface area contributed by atoms with Crippen molar-refractivity contribution in [2.24, 2.45) is 0 Å². The second-order valence-electron chi connectivity index (χ2n) is 4.35. The highest BCUT2D eigenvalue weighted by molar-refractivity contribution is 5.48. The molecule has 0 aromatic heterocycles. The monoisotopic (exact) mass is 212 g/mol. The Morgan fingerprint density at radius 3 is 2.00 bits per heavy atom. The van der Waals surface area contributed by atoms with Gasteiger partial charge in [-0.25, -0.2) is 0 Å². The van der Waals surface area contributed by atoms with E-state index in [4.69, 9.17) is 0 Å². The molecule has 3 heteroatoms. The van der Waals surface area contributed by atoms with E-state index in [-0.39, 0.29) is 0 Å². The first-order chi connectivity index (χ1) is 7.36. The van der Waals surface area contributed by atoms with E-state index < -0.39 is 0 Å². The molecule has 0 amide bonds. The Morgan fingerprint density at radius 1 is 1.00 bits per heavy atom. The van der Waals surface area contributed by atoms with Gasteiger partial charge in [-0.2, -0.15) is 0 Å². The number of nitrogens with zero attached hydrogens (tertiary/aromatic N) is 2. The van der Waals surface area contributed by atoms with Crippen LogP contribution in [-0.2, 0) is 4.79 Å². The zero-order chi connectivity index (χ0) is 10.9. The van der Waals surface area contributed by atoms with Crippen LogP contribution in [-0.4, -0.2) is 55.4 Å². The summed E-state index contributed by atoms with van der Waals surface area (Å²) in [5.41, 5.74) is 0. The zero-order valence-corrected chi connectivity index (χ0v) is 9.95. The van der Waals surface area contributed by atoms with E-state index in [9.17, 15) is 4.79 Å². The zero-order valence-electron chi connectivity index (χ0n) is 9.95. The normalized spacial score (nSPS) is 19.3. The average Bonchev–Trinajstić information content (AvgIpc) is 2.28. The lowest BCUT2D eigenvalue weighted by molar-refractivity contribution is -0.108. The fraction of sp³-hybridized carbons (Fsp3) is 0.917.